The zero-order valence-electron chi connectivity index (χ0n) is 27.1. The zero-order chi connectivity index (χ0) is 31.5. The Kier molecular flexibility index (Phi) is 12.6. The lowest BCUT2D eigenvalue weighted by Gasteiger charge is -2.43. The maximum absolute atomic E-state index is 13.5. The first-order valence-corrected chi connectivity index (χ1v) is 16.3. The number of nitrogens with two attached hydrogens (primary N) is 1. The van der Waals surface area contributed by atoms with Crippen molar-refractivity contribution in [3.63, 3.8) is 0 Å². The van der Waals surface area contributed by atoms with Crippen LogP contribution in [0, 0.1) is 11.8 Å². The van der Waals surface area contributed by atoms with Crippen LogP contribution in [0.2, 0.25) is 0 Å². The van der Waals surface area contributed by atoms with Gasteiger partial charge in [-0.3, -0.25) is 14.5 Å². The molecule has 0 aliphatic carbocycles. The first-order chi connectivity index (χ1) is 21.2. The Bertz CT molecular complexity index is 1220. The standard InChI is InChI=1S/C36H52N2O6/c1-26(32(39)10-6-5-7-11-33(40)29-13-15-31(42-4)16-14-29)27(2)36(37,25-38-19-8-9-30(38)18-20-41-3)24-28-12-17-34-35(23-28)44-22-21-43-34/h12-17,23,26-27,30H,5-11,18-22,24-25,37H2,1-4H3/t26?,27?,30?,36-/m1/s1. The van der Waals surface area contributed by atoms with Crippen molar-refractivity contribution in [3.05, 3.63) is 53.6 Å². The Labute approximate surface area is 263 Å². The third-order valence-electron chi connectivity index (χ3n) is 9.70. The summed E-state index contributed by atoms with van der Waals surface area (Å²) in [5.74, 6) is 2.41. The van der Waals surface area contributed by atoms with Gasteiger partial charge in [-0.05, 0) is 92.9 Å². The lowest BCUT2D eigenvalue weighted by Crippen LogP contribution is -2.59. The largest absolute Gasteiger partial charge is 0.497 e. The number of nitrogens with zero attached hydrogens (tertiary/aromatic N) is 1. The summed E-state index contributed by atoms with van der Waals surface area (Å²) in [7, 11) is 3.36. The van der Waals surface area contributed by atoms with Crippen molar-refractivity contribution < 1.29 is 28.5 Å². The first kappa shape index (κ1) is 33.9. The fraction of sp³-hybridized carbons (Fsp3) is 0.611. The van der Waals surface area contributed by atoms with E-state index >= 15 is 0 Å². The molecule has 2 aromatic carbocycles. The second-order valence-corrected chi connectivity index (χ2v) is 12.7. The molecule has 8 heteroatoms. The molecule has 44 heavy (non-hydrogen) atoms. The molecule has 0 spiro atoms. The van der Waals surface area contributed by atoms with Crippen LogP contribution in [0.3, 0.4) is 0 Å². The molecule has 2 aromatic rings. The van der Waals surface area contributed by atoms with E-state index in [1.807, 2.05) is 25.1 Å². The molecule has 3 unspecified atom stereocenters. The summed E-state index contributed by atoms with van der Waals surface area (Å²) in [6, 6.07) is 13.8. The molecule has 2 N–H and O–H groups in total. The Hall–Kier alpha value is -2.94. The molecular weight excluding hydrogens is 556 g/mol. The van der Waals surface area contributed by atoms with E-state index in [0.717, 1.165) is 81.0 Å². The van der Waals surface area contributed by atoms with Gasteiger partial charge in [0.15, 0.2) is 17.3 Å². The Morgan fingerprint density at radius 1 is 1.00 bits per heavy atom. The number of carbonyl (C=O) groups excluding carboxylic acids is 2. The molecule has 4 atom stereocenters. The molecule has 2 aliphatic heterocycles. The van der Waals surface area contributed by atoms with Crippen molar-refractivity contribution >= 4 is 11.6 Å². The van der Waals surface area contributed by atoms with E-state index in [0.29, 0.717) is 44.1 Å². The number of methoxy groups -OCH3 is 2. The summed E-state index contributed by atoms with van der Waals surface area (Å²) < 4.78 is 22.2. The summed E-state index contributed by atoms with van der Waals surface area (Å²) >= 11 is 0. The van der Waals surface area contributed by atoms with E-state index in [1.165, 1.54) is 0 Å². The number of fused-ring (bicyclic) bond motifs is 1. The minimum Gasteiger partial charge on any atom is -0.497 e. The molecular formula is C36H52N2O6. The molecule has 0 amide bonds. The number of ether oxygens (including phenoxy) is 4. The van der Waals surface area contributed by atoms with Gasteiger partial charge < -0.3 is 24.7 Å². The molecule has 0 bridgehead atoms. The molecule has 2 heterocycles. The van der Waals surface area contributed by atoms with E-state index in [2.05, 4.69) is 24.0 Å². The van der Waals surface area contributed by atoms with Gasteiger partial charge in [0.1, 0.15) is 24.7 Å². The molecule has 4 rings (SSSR count). The number of hydrogen-bond donors (Lipinski definition) is 1. The quantitative estimate of drug-likeness (QED) is 0.165. The van der Waals surface area contributed by atoms with E-state index in [9.17, 15) is 9.59 Å². The average molecular weight is 609 g/mol. The maximum Gasteiger partial charge on any atom is 0.162 e. The van der Waals surface area contributed by atoms with Gasteiger partial charge in [0.25, 0.3) is 0 Å². The zero-order valence-corrected chi connectivity index (χ0v) is 27.1. The van der Waals surface area contributed by atoms with Gasteiger partial charge >= 0.3 is 0 Å². The molecule has 1 fully saturated rings. The molecule has 8 nitrogen and oxygen atoms in total. The third-order valence-corrected chi connectivity index (χ3v) is 9.70. The van der Waals surface area contributed by atoms with Gasteiger partial charge in [0.05, 0.1) is 7.11 Å². The number of likely N-dealkylation sites (tertiary alicyclic amines) is 1. The van der Waals surface area contributed by atoms with Crippen LogP contribution < -0.4 is 19.9 Å². The number of ketones is 2. The van der Waals surface area contributed by atoms with E-state index < -0.39 is 5.54 Å². The minimum atomic E-state index is -0.612. The maximum atomic E-state index is 13.5. The highest BCUT2D eigenvalue weighted by molar-refractivity contribution is 5.96. The van der Waals surface area contributed by atoms with E-state index in [-0.39, 0.29) is 23.4 Å². The number of rotatable bonds is 18. The second kappa shape index (κ2) is 16.4. The monoisotopic (exact) mass is 608 g/mol. The summed E-state index contributed by atoms with van der Waals surface area (Å²) in [5, 5.41) is 0. The predicted octanol–water partition coefficient (Wildman–Crippen LogP) is 5.88. The van der Waals surface area contributed by atoms with Gasteiger partial charge in [-0.15, -0.1) is 0 Å². The predicted molar refractivity (Wildman–Crippen MR) is 173 cm³/mol. The summed E-state index contributed by atoms with van der Waals surface area (Å²) in [6.45, 7) is 7.75. The van der Waals surface area contributed by atoms with Gasteiger partial charge in [-0.1, -0.05) is 26.3 Å². The van der Waals surface area contributed by atoms with Crippen LogP contribution in [0.5, 0.6) is 17.2 Å². The second-order valence-electron chi connectivity index (χ2n) is 12.7. The normalized spacial score (nSPS) is 19.2. The Morgan fingerprint density at radius 3 is 2.45 bits per heavy atom. The van der Waals surface area contributed by atoms with E-state index in [1.54, 1.807) is 26.4 Å². The van der Waals surface area contributed by atoms with Gasteiger partial charge in [0.2, 0.25) is 0 Å². The number of hydrogen-bond acceptors (Lipinski definition) is 8. The molecule has 2 aliphatic rings. The number of Topliss-reactive ketones (excluding diaryl/α,β-unsaturated/α-hetero) is 2. The number of carbonyl (C=O) groups is 2. The highest BCUT2D eigenvalue weighted by atomic mass is 16.6. The highest BCUT2D eigenvalue weighted by Crippen LogP contribution is 2.36. The summed E-state index contributed by atoms with van der Waals surface area (Å²) in [5.41, 5.74) is 8.58. The van der Waals surface area contributed by atoms with Crippen LogP contribution in [0.15, 0.2) is 42.5 Å². The molecule has 242 valence electrons. The van der Waals surface area contributed by atoms with Crippen LogP contribution in [-0.4, -0.2) is 75.2 Å². The van der Waals surface area contributed by atoms with Gasteiger partial charge in [-0.25, -0.2) is 0 Å². The van der Waals surface area contributed by atoms with Crippen molar-refractivity contribution in [2.75, 3.05) is 47.1 Å². The highest BCUT2D eigenvalue weighted by Gasteiger charge is 2.41. The lowest BCUT2D eigenvalue weighted by molar-refractivity contribution is -0.124. The SMILES string of the molecule is COCCC1CCCN1C[C@](N)(Cc1ccc2c(c1)OCCO2)C(C)C(C)C(=O)CCCCCC(=O)c1ccc(OC)cc1. The topological polar surface area (TPSA) is 100 Å². The fourth-order valence-corrected chi connectivity index (χ4v) is 6.69. The van der Waals surface area contributed by atoms with Crippen LogP contribution in [0.4, 0.5) is 0 Å². The minimum absolute atomic E-state index is 0.0384. The summed E-state index contributed by atoms with van der Waals surface area (Å²) in [6.07, 6.45) is 7.29. The van der Waals surface area contributed by atoms with Crippen LogP contribution >= 0.6 is 0 Å². The van der Waals surface area contributed by atoms with Crippen molar-refractivity contribution in [2.45, 2.75) is 83.2 Å². The van der Waals surface area contributed by atoms with Gasteiger partial charge in [-0.2, -0.15) is 0 Å². The average Bonchev–Trinajstić information content (AvgIpc) is 3.48. The van der Waals surface area contributed by atoms with Gasteiger partial charge in [0, 0.05) is 56.2 Å². The lowest BCUT2D eigenvalue weighted by atomic mass is 9.72. The van der Waals surface area contributed by atoms with Crippen molar-refractivity contribution in [3.8, 4) is 17.2 Å². The number of unbranched alkanes of at least 4 members (excludes halogenated alkanes) is 2. The van der Waals surface area contributed by atoms with Crippen molar-refractivity contribution in [1.29, 1.82) is 0 Å². The van der Waals surface area contributed by atoms with E-state index in [4.69, 9.17) is 24.7 Å². The van der Waals surface area contributed by atoms with Crippen molar-refractivity contribution in [2.24, 2.45) is 17.6 Å². The molecule has 0 saturated carbocycles. The molecule has 0 aromatic heterocycles. The molecule has 1 saturated heterocycles. The van der Waals surface area contributed by atoms with Crippen LogP contribution in [-0.2, 0) is 16.0 Å². The molecule has 0 radical (unpaired) electrons. The Morgan fingerprint density at radius 2 is 1.73 bits per heavy atom. The third kappa shape index (κ3) is 9.05. The summed E-state index contributed by atoms with van der Waals surface area (Å²) in [4.78, 5) is 28.6. The Balaban J connectivity index is 1.36. The van der Waals surface area contributed by atoms with Crippen LogP contribution in [0.1, 0.15) is 81.1 Å². The fourth-order valence-electron chi connectivity index (χ4n) is 6.69. The van der Waals surface area contributed by atoms with Crippen LogP contribution in [0.25, 0.3) is 0 Å². The first-order valence-electron chi connectivity index (χ1n) is 16.3. The van der Waals surface area contributed by atoms with Crippen molar-refractivity contribution in [1.82, 2.24) is 4.90 Å². The number of benzene rings is 2. The smallest absolute Gasteiger partial charge is 0.162 e.